The summed E-state index contributed by atoms with van der Waals surface area (Å²) >= 11 is 0. The number of hydrogen-bond acceptors (Lipinski definition) is 3. The van der Waals surface area contributed by atoms with Crippen LogP contribution in [0.15, 0.2) is 71.8 Å². The van der Waals surface area contributed by atoms with Gasteiger partial charge in [0, 0.05) is 24.2 Å². The van der Waals surface area contributed by atoms with E-state index in [4.69, 9.17) is 0 Å². The molecule has 3 aromatic rings. The molecular weight excluding hydrogens is 357 g/mol. The highest BCUT2D eigenvalue weighted by Gasteiger charge is 2.35. The first-order valence-electron chi connectivity index (χ1n) is 8.98. The van der Waals surface area contributed by atoms with Crippen molar-refractivity contribution >= 4 is 34.5 Å². The zero-order valence-electron chi connectivity index (χ0n) is 15.0. The third kappa shape index (κ3) is 3.62. The second-order valence-electron chi connectivity index (χ2n) is 6.68. The van der Waals surface area contributed by atoms with Crippen molar-refractivity contribution in [1.29, 1.82) is 0 Å². The molecular formula is C22H18FN3O2. The Kier molecular flexibility index (Phi) is 4.85. The molecule has 0 radical (unpaired) electrons. The smallest absolute Gasteiger partial charge is 0.245 e. The molecule has 1 atom stereocenters. The van der Waals surface area contributed by atoms with E-state index >= 15 is 0 Å². The summed E-state index contributed by atoms with van der Waals surface area (Å²) in [5.74, 6) is -1.34. The zero-order valence-corrected chi connectivity index (χ0v) is 15.0. The molecule has 1 heterocycles. The molecule has 0 aliphatic carbocycles. The van der Waals surface area contributed by atoms with Gasteiger partial charge >= 0.3 is 0 Å². The van der Waals surface area contributed by atoms with E-state index < -0.39 is 5.92 Å². The van der Waals surface area contributed by atoms with E-state index in [0.29, 0.717) is 5.69 Å². The molecule has 1 aliphatic heterocycles. The molecule has 1 aliphatic rings. The van der Waals surface area contributed by atoms with Crippen LogP contribution in [0, 0.1) is 11.7 Å². The fraction of sp³-hybridized carbons (Fsp3) is 0.136. The number of carbonyl (C=O) groups excluding carboxylic acids is 2. The lowest BCUT2D eigenvalue weighted by molar-refractivity contribution is -0.126. The van der Waals surface area contributed by atoms with Crippen LogP contribution in [-0.2, 0) is 9.59 Å². The summed E-state index contributed by atoms with van der Waals surface area (Å²) in [5.41, 5.74) is 4.01. The van der Waals surface area contributed by atoms with Crippen molar-refractivity contribution in [3.8, 4) is 0 Å². The first-order valence-corrected chi connectivity index (χ1v) is 8.98. The minimum absolute atomic E-state index is 0.104. The Morgan fingerprint density at radius 2 is 1.82 bits per heavy atom. The van der Waals surface area contributed by atoms with Gasteiger partial charge in [-0.1, -0.05) is 42.5 Å². The minimum Gasteiger partial charge on any atom is -0.312 e. The number of carbonyl (C=O) groups is 2. The number of rotatable bonds is 4. The maximum absolute atomic E-state index is 13.1. The maximum Gasteiger partial charge on any atom is 0.245 e. The summed E-state index contributed by atoms with van der Waals surface area (Å²) in [4.78, 5) is 26.1. The van der Waals surface area contributed by atoms with E-state index in [1.54, 1.807) is 6.21 Å². The fourth-order valence-corrected chi connectivity index (χ4v) is 3.37. The first kappa shape index (κ1) is 17.9. The number of hydrazone groups is 1. The Bertz CT molecular complexity index is 1060. The van der Waals surface area contributed by atoms with Gasteiger partial charge in [-0.2, -0.15) is 5.10 Å². The second kappa shape index (κ2) is 7.60. The summed E-state index contributed by atoms with van der Waals surface area (Å²) in [7, 11) is 0. The predicted octanol–water partition coefficient (Wildman–Crippen LogP) is 3.48. The van der Waals surface area contributed by atoms with Gasteiger partial charge < -0.3 is 4.90 Å². The van der Waals surface area contributed by atoms with Crippen LogP contribution in [0.4, 0.5) is 10.1 Å². The lowest BCUT2D eigenvalue weighted by atomic mass is 10.1. The van der Waals surface area contributed by atoms with Gasteiger partial charge in [-0.15, -0.1) is 0 Å². The Balaban J connectivity index is 1.42. The highest BCUT2D eigenvalue weighted by molar-refractivity contribution is 6.01. The molecule has 6 heteroatoms. The highest BCUT2D eigenvalue weighted by Crippen LogP contribution is 2.25. The summed E-state index contributed by atoms with van der Waals surface area (Å²) in [6.07, 6.45) is 1.71. The molecule has 5 nitrogen and oxygen atoms in total. The van der Waals surface area contributed by atoms with Crippen molar-refractivity contribution in [2.45, 2.75) is 6.42 Å². The molecule has 0 spiro atoms. The van der Waals surface area contributed by atoms with Gasteiger partial charge in [0.05, 0.1) is 12.1 Å². The molecule has 4 rings (SSSR count). The normalized spacial score (nSPS) is 16.8. The number of fused-ring (bicyclic) bond motifs is 1. The van der Waals surface area contributed by atoms with Gasteiger partial charge in [0.25, 0.3) is 0 Å². The van der Waals surface area contributed by atoms with Crippen molar-refractivity contribution in [2.24, 2.45) is 11.0 Å². The summed E-state index contributed by atoms with van der Waals surface area (Å²) in [5, 5.41) is 6.20. The standard InChI is InChI=1S/C22H18FN3O2/c23-18-8-10-19(11-9-18)26-14-17(12-21(26)27)22(28)25-24-13-16-6-3-5-15-4-1-2-7-20(15)16/h1-11,13,17H,12,14H2,(H,25,28)/b24-13-. The SMILES string of the molecule is O=C(N/N=C\c1cccc2ccccc12)C1CC(=O)N(c2ccc(F)cc2)C1. The van der Waals surface area contributed by atoms with Crippen LogP contribution in [0.3, 0.4) is 0 Å². The van der Waals surface area contributed by atoms with E-state index in [0.717, 1.165) is 16.3 Å². The summed E-state index contributed by atoms with van der Waals surface area (Å²) in [6.45, 7) is 0.250. The van der Waals surface area contributed by atoms with Gasteiger partial charge in [-0.3, -0.25) is 9.59 Å². The van der Waals surface area contributed by atoms with E-state index in [-0.39, 0.29) is 30.6 Å². The number of nitrogens with zero attached hydrogens (tertiary/aromatic N) is 2. The Labute approximate surface area is 161 Å². The molecule has 0 saturated carbocycles. The number of amides is 2. The molecule has 28 heavy (non-hydrogen) atoms. The van der Waals surface area contributed by atoms with Crippen molar-refractivity contribution in [1.82, 2.24) is 5.43 Å². The molecule has 140 valence electrons. The largest absolute Gasteiger partial charge is 0.312 e. The van der Waals surface area contributed by atoms with Gasteiger partial charge in [0.15, 0.2) is 0 Å². The first-order chi connectivity index (χ1) is 13.6. The van der Waals surface area contributed by atoms with Gasteiger partial charge in [0.1, 0.15) is 5.82 Å². The number of nitrogens with one attached hydrogen (secondary N) is 1. The zero-order chi connectivity index (χ0) is 19.5. The number of halogens is 1. The minimum atomic E-state index is -0.498. The molecule has 1 fully saturated rings. The van der Waals surface area contributed by atoms with E-state index in [2.05, 4.69) is 10.5 Å². The van der Waals surface area contributed by atoms with Crippen molar-refractivity contribution < 1.29 is 14.0 Å². The Morgan fingerprint density at radius 1 is 1.07 bits per heavy atom. The summed E-state index contributed by atoms with van der Waals surface area (Å²) < 4.78 is 13.1. The predicted molar refractivity (Wildman–Crippen MR) is 107 cm³/mol. The number of benzene rings is 3. The molecule has 1 unspecified atom stereocenters. The van der Waals surface area contributed by atoms with Crippen LogP contribution in [0.2, 0.25) is 0 Å². The number of anilines is 1. The third-order valence-corrected chi connectivity index (χ3v) is 4.84. The maximum atomic E-state index is 13.1. The van der Waals surface area contributed by atoms with Crippen LogP contribution < -0.4 is 10.3 Å². The monoisotopic (exact) mass is 375 g/mol. The topological polar surface area (TPSA) is 61.8 Å². The Hall–Kier alpha value is -3.54. The van der Waals surface area contributed by atoms with Crippen molar-refractivity contribution in [3.63, 3.8) is 0 Å². The van der Waals surface area contributed by atoms with E-state index in [9.17, 15) is 14.0 Å². The lowest BCUT2D eigenvalue weighted by Gasteiger charge is -2.16. The van der Waals surface area contributed by atoms with Crippen LogP contribution in [0.1, 0.15) is 12.0 Å². The van der Waals surface area contributed by atoms with Crippen LogP contribution in [-0.4, -0.2) is 24.6 Å². The van der Waals surface area contributed by atoms with Crippen molar-refractivity contribution in [2.75, 3.05) is 11.4 Å². The molecule has 1 saturated heterocycles. The lowest BCUT2D eigenvalue weighted by Crippen LogP contribution is -2.30. The van der Waals surface area contributed by atoms with Gasteiger partial charge in [-0.25, -0.2) is 9.82 Å². The molecule has 3 aromatic carbocycles. The average molecular weight is 375 g/mol. The van der Waals surface area contributed by atoms with Gasteiger partial charge in [-0.05, 0) is 35.0 Å². The van der Waals surface area contributed by atoms with E-state index in [1.165, 1.54) is 29.2 Å². The molecule has 0 bridgehead atoms. The quantitative estimate of drug-likeness (QED) is 0.561. The fourth-order valence-electron chi connectivity index (χ4n) is 3.37. The van der Waals surface area contributed by atoms with Crippen LogP contribution in [0.25, 0.3) is 10.8 Å². The second-order valence-corrected chi connectivity index (χ2v) is 6.68. The van der Waals surface area contributed by atoms with Crippen LogP contribution >= 0.6 is 0 Å². The average Bonchev–Trinajstić information content (AvgIpc) is 3.10. The third-order valence-electron chi connectivity index (χ3n) is 4.84. The van der Waals surface area contributed by atoms with Crippen molar-refractivity contribution in [3.05, 3.63) is 78.1 Å². The van der Waals surface area contributed by atoms with Gasteiger partial charge in [0.2, 0.25) is 11.8 Å². The van der Waals surface area contributed by atoms with Crippen LogP contribution in [0.5, 0.6) is 0 Å². The number of hydrogen-bond donors (Lipinski definition) is 1. The molecule has 1 N–H and O–H groups in total. The Morgan fingerprint density at radius 3 is 2.64 bits per heavy atom. The highest BCUT2D eigenvalue weighted by atomic mass is 19.1. The molecule has 2 amide bonds. The van der Waals surface area contributed by atoms with E-state index in [1.807, 2.05) is 42.5 Å². The summed E-state index contributed by atoms with van der Waals surface area (Å²) in [6, 6.07) is 19.5. The molecule has 0 aromatic heterocycles.